The Balaban J connectivity index is 1.83. The van der Waals surface area contributed by atoms with Gasteiger partial charge in [-0.2, -0.15) is 4.73 Å². The van der Waals surface area contributed by atoms with Gasteiger partial charge in [-0.3, -0.25) is 4.98 Å². The molecule has 0 unspecified atom stereocenters. The van der Waals surface area contributed by atoms with E-state index in [1.165, 1.54) is 17.0 Å². The Morgan fingerprint density at radius 1 is 1.26 bits per heavy atom. The topological polar surface area (TPSA) is 53.4 Å². The molecule has 0 spiro atoms. The van der Waals surface area contributed by atoms with Gasteiger partial charge in [-0.05, 0) is 30.3 Å². The summed E-state index contributed by atoms with van der Waals surface area (Å²) in [4.78, 5) is 21.2. The Morgan fingerprint density at radius 2 is 2.13 bits per heavy atom. The van der Waals surface area contributed by atoms with E-state index in [9.17, 15) is 13.6 Å². The quantitative estimate of drug-likeness (QED) is 0.726. The fraction of sp³-hybridized carbons (Fsp3) is 0.125. The van der Waals surface area contributed by atoms with Gasteiger partial charge in [0.2, 0.25) is 0 Å². The molecule has 0 saturated heterocycles. The number of rotatable bonds is 5. The molecule has 2 aromatic heterocycles. The smallest absolute Gasteiger partial charge is 0.365 e. The highest BCUT2D eigenvalue weighted by molar-refractivity contribution is 5.90. The second-order valence-electron chi connectivity index (χ2n) is 4.68. The van der Waals surface area contributed by atoms with E-state index in [1.54, 1.807) is 42.7 Å². The number of aromatic nitrogens is 2. The van der Waals surface area contributed by atoms with Crippen molar-refractivity contribution in [3.8, 4) is 5.75 Å². The number of fused-ring (bicyclic) bond motifs is 1. The number of hydrogen-bond donors (Lipinski definition) is 0. The average molecular weight is 318 g/mol. The number of benzene rings is 1. The first-order valence-electron chi connectivity index (χ1n) is 6.78. The molecule has 0 atom stereocenters. The van der Waals surface area contributed by atoms with Gasteiger partial charge in [-0.25, -0.2) is 13.6 Å². The fourth-order valence-corrected chi connectivity index (χ4v) is 2.04. The first kappa shape index (κ1) is 15.0. The molecule has 5 nitrogen and oxygen atoms in total. The minimum absolute atomic E-state index is 0.273. The first-order valence-corrected chi connectivity index (χ1v) is 6.78. The first-order chi connectivity index (χ1) is 11.1. The zero-order chi connectivity index (χ0) is 16.2. The van der Waals surface area contributed by atoms with Crippen LogP contribution in [0.1, 0.15) is 10.4 Å². The van der Waals surface area contributed by atoms with Gasteiger partial charge in [-0.15, -0.1) is 0 Å². The van der Waals surface area contributed by atoms with Gasteiger partial charge in [0.1, 0.15) is 12.4 Å². The van der Waals surface area contributed by atoms with E-state index in [-0.39, 0.29) is 5.75 Å². The van der Waals surface area contributed by atoms with Gasteiger partial charge in [0.15, 0.2) is 0 Å². The standard InChI is InChI=1S/C16H12F2N2O3/c17-15(18)10-22-13-4-3-11-5-7-20(14(11)8-13)23-16(21)12-2-1-6-19-9-12/h1-9,15H,10H2. The maximum atomic E-state index is 12.2. The molecule has 23 heavy (non-hydrogen) atoms. The van der Waals surface area contributed by atoms with Crippen LogP contribution in [0.4, 0.5) is 8.78 Å². The highest BCUT2D eigenvalue weighted by Crippen LogP contribution is 2.22. The van der Waals surface area contributed by atoms with Crippen LogP contribution >= 0.6 is 0 Å². The summed E-state index contributed by atoms with van der Waals surface area (Å²) in [5.74, 6) is -0.301. The molecule has 0 aliphatic carbocycles. The number of pyridine rings is 1. The van der Waals surface area contributed by atoms with Gasteiger partial charge in [0.05, 0.1) is 11.1 Å². The van der Waals surface area contributed by atoms with Crippen molar-refractivity contribution < 1.29 is 23.1 Å². The normalized spacial score (nSPS) is 10.9. The SMILES string of the molecule is O=C(On1ccc2ccc(OCC(F)F)cc21)c1cccnc1. The lowest BCUT2D eigenvalue weighted by molar-refractivity contribution is 0.0482. The monoisotopic (exact) mass is 318 g/mol. The van der Waals surface area contributed by atoms with E-state index < -0.39 is 19.0 Å². The molecule has 1 aromatic carbocycles. The second-order valence-corrected chi connectivity index (χ2v) is 4.68. The van der Waals surface area contributed by atoms with Crippen LogP contribution in [-0.2, 0) is 0 Å². The average Bonchev–Trinajstić information content (AvgIpc) is 2.96. The minimum atomic E-state index is -2.55. The summed E-state index contributed by atoms with van der Waals surface area (Å²) in [6.45, 7) is -0.693. The lowest BCUT2D eigenvalue weighted by Gasteiger charge is -2.08. The molecule has 3 aromatic rings. The molecule has 0 radical (unpaired) electrons. The molecular formula is C16H12F2N2O3. The zero-order valence-electron chi connectivity index (χ0n) is 11.9. The van der Waals surface area contributed by atoms with Crippen molar-refractivity contribution in [1.82, 2.24) is 9.71 Å². The van der Waals surface area contributed by atoms with Crippen molar-refractivity contribution in [3.05, 3.63) is 60.6 Å². The summed E-state index contributed by atoms with van der Waals surface area (Å²) in [6.07, 6.45) is 1.95. The summed E-state index contributed by atoms with van der Waals surface area (Å²) in [5, 5.41) is 0.786. The van der Waals surface area contributed by atoms with Crippen molar-refractivity contribution in [1.29, 1.82) is 0 Å². The summed E-state index contributed by atoms with van der Waals surface area (Å²) >= 11 is 0. The van der Waals surface area contributed by atoms with Crippen molar-refractivity contribution in [2.75, 3.05) is 6.61 Å². The minimum Gasteiger partial charge on any atom is -0.488 e. The van der Waals surface area contributed by atoms with E-state index in [0.717, 1.165) is 5.39 Å². The van der Waals surface area contributed by atoms with Gasteiger partial charge in [0, 0.05) is 30.0 Å². The predicted molar refractivity (Wildman–Crippen MR) is 78.6 cm³/mol. The highest BCUT2D eigenvalue weighted by Gasteiger charge is 2.11. The van der Waals surface area contributed by atoms with Gasteiger partial charge < -0.3 is 9.57 Å². The van der Waals surface area contributed by atoms with Crippen LogP contribution < -0.4 is 9.57 Å². The van der Waals surface area contributed by atoms with E-state index in [2.05, 4.69) is 4.98 Å². The summed E-state index contributed by atoms with van der Waals surface area (Å²) in [6, 6.07) is 9.76. The van der Waals surface area contributed by atoms with Gasteiger partial charge >= 0.3 is 5.97 Å². The Hall–Kier alpha value is -2.96. The predicted octanol–water partition coefficient (Wildman–Crippen LogP) is 2.95. The summed E-state index contributed by atoms with van der Waals surface area (Å²) in [5.41, 5.74) is 0.841. The molecule has 7 heteroatoms. The van der Waals surface area contributed by atoms with E-state index >= 15 is 0 Å². The number of carbonyl (C=O) groups is 1. The molecule has 2 heterocycles. The van der Waals surface area contributed by atoms with Crippen LogP contribution in [0.15, 0.2) is 55.0 Å². The van der Waals surface area contributed by atoms with E-state index in [4.69, 9.17) is 9.57 Å². The molecule has 3 rings (SSSR count). The van der Waals surface area contributed by atoms with Crippen LogP contribution in [0.5, 0.6) is 5.75 Å². The van der Waals surface area contributed by atoms with Crippen LogP contribution in [0.3, 0.4) is 0 Å². The number of nitrogens with zero attached hydrogens (tertiary/aromatic N) is 2. The van der Waals surface area contributed by atoms with Crippen LogP contribution in [0.25, 0.3) is 10.9 Å². The molecular weight excluding hydrogens is 306 g/mol. The molecule has 0 aliphatic rings. The highest BCUT2D eigenvalue weighted by atomic mass is 19.3. The third-order valence-electron chi connectivity index (χ3n) is 3.08. The van der Waals surface area contributed by atoms with Crippen molar-refractivity contribution in [2.45, 2.75) is 6.43 Å². The van der Waals surface area contributed by atoms with Crippen molar-refractivity contribution >= 4 is 16.9 Å². The van der Waals surface area contributed by atoms with Gasteiger partial charge in [-0.1, -0.05) is 0 Å². The fourth-order valence-electron chi connectivity index (χ4n) is 2.04. The third-order valence-corrected chi connectivity index (χ3v) is 3.08. The Labute approximate surface area is 130 Å². The second kappa shape index (κ2) is 6.43. The Kier molecular flexibility index (Phi) is 4.18. The van der Waals surface area contributed by atoms with E-state index in [0.29, 0.717) is 11.1 Å². The molecule has 0 saturated carbocycles. The molecule has 0 amide bonds. The van der Waals surface area contributed by atoms with Crippen LogP contribution in [0.2, 0.25) is 0 Å². The van der Waals surface area contributed by atoms with E-state index in [1.807, 2.05) is 0 Å². The lowest BCUT2D eigenvalue weighted by Crippen LogP contribution is -2.19. The number of ether oxygens (including phenoxy) is 1. The summed E-state index contributed by atoms with van der Waals surface area (Å²) in [7, 11) is 0. The molecule has 0 N–H and O–H groups in total. The number of alkyl halides is 2. The van der Waals surface area contributed by atoms with Crippen molar-refractivity contribution in [3.63, 3.8) is 0 Å². The van der Waals surface area contributed by atoms with Crippen LogP contribution in [0, 0.1) is 0 Å². The van der Waals surface area contributed by atoms with Gasteiger partial charge in [0.25, 0.3) is 6.43 Å². The molecule has 0 fully saturated rings. The Bertz CT molecular complexity index is 819. The number of carbonyl (C=O) groups excluding carboxylic acids is 1. The summed E-state index contributed by atoms with van der Waals surface area (Å²) < 4.78 is 30.7. The Morgan fingerprint density at radius 3 is 2.87 bits per heavy atom. The molecule has 118 valence electrons. The number of hydrogen-bond acceptors (Lipinski definition) is 4. The molecule has 0 bridgehead atoms. The van der Waals surface area contributed by atoms with Crippen LogP contribution in [-0.4, -0.2) is 28.7 Å². The largest absolute Gasteiger partial charge is 0.488 e. The number of halogens is 2. The maximum absolute atomic E-state index is 12.2. The zero-order valence-corrected chi connectivity index (χ0v) is 11.9. The molecule has 0 aliphatic heterocycles. The maximum Gasteiger partial charge on any atom is 0.365 e. The van der Waals surface area contributed by atoms with Crippen molar-refractivity contribution in [2.24, 2.45) is 0 Å². The lowest BCUT2D eigenvalue weighted by atomic mass is 10.2. The third kappa shape index (κ3) is 3.45.